The van der Waals surface area contributed by atoms with Crippen LogP contribution in [0.15, 0.2) is 41.3 Å². The van der Waals surface area contributed by atoms with Gasteiger partial charge in [-0.15, -0.1) is 0 Å². The van der Waals surface area contributed by atoms with Crippen molar-refractivity contribution in [2.75, 3.05) is 38.5 Å². The Labute approximate surface area is 232 Å². The van der Waals surface area contributed by atoms with Gasteiger partial charge in [-0.1, -0.05) is 30.7 Å². The van der Waals surface area contributed by atoms with Crippen LogP contribution < -0.4 is 20.3 Å². The SMILES string of the molecule is COC(=O)[C@H](COC(=O)CCCC[C@@H]1SC[C@@H]2NC(=O)N[C@@H]21)NS(=O)(=O)c1cccc2c(N(C)C)cccc12. The summed E-state index contributed by atoms with van der Waals surface area (Å²) in [5.74, 6) is -0.520. The Morgan fingerprint density at radius 3 is 2.62 bits per heavy atom. The normalized spacial score (nSPS) is 21.1. The molecule has 13 heteroatoms. The van der Waals surface area contributed by atoms with Crippen LogP contribution in [-0.2, 0) is 29.1 Å². The molecule has 39 heavy (non-hydrogen) atoms. The van der Waals surface area contributed by atoms with E-state index >= 15 is 0 Å². The summed E-state index contributed by atoms with van der Waals surface area (Å²) < 4.78 is 39.0. The summed E-state index contributed by atoms with van der Waals surface area (Å²) in [4.78, 5) is 38.1. The van der Waals surface area contributed by atoms with Crippen LogP contribution in [0.3, 0.4) is 0 Å². The average molecular weight is 579 g/mol. The zero-order chi connectivity index (χ0) is 28.2. The fourth-order valence-corrected chi connectivity index (χ4v) is 7.87. The van der Waals surface area contributed by atoms with Gasteiger partial charge in [-0.25, -0.2) is 13.2 Å². The first-order chi connectivity index (χ1) is 18.6. The number of thioether (sulfide) groups is 1. The van der Waals surface area contributed by atoms with Gasteiger partial charge in [0.2, 0.25) is 10.0 Å². The van der Waals surface area contributed by atoms with Crippen LogP contribution >= 0.6 is 11.8 Å². The number of amides is 2. The lowest BCUT2D eigenvalue weighted by molar-refractivity contribution is -0.150. The molecule has 2 saturated heterocycles. The number of benzene rings is 2. The quantitative estimate of drug-likeness (QED) is 0.196. The number of carbonyl (C=O) groups excluding carboxylic acids is 3. The number of rotatable bonds is 12. The van der Waals surface area contributed by atoms with E-state index in [9.17, 15) is 22.8 Å². The van der Waals surface area contributed by atoms with Crippen molar-refractivity contribution in [3.8, 4) is 0 Å². The van der Waals surface area contributed by atoms with Crippen molar-refractivity contribution >= 4 is 56.2 Å². The second kappa shape index (κ2) is 12.4. The maximum Gasteiger partial charge on any atom is 0.327 e. The fourth-order valence-electron chi connectivity index (χ4n) is 4.94. The number of anilines is 1. The molecule has 0 aromatic heterocycles. The highest BCUT2D eigenvalue weighted by Gasteiger charge is 2.42. The smallest absolute Gasteiger partial charge is 0.327 e. The number of fused-ring (bicyclic) bond motifs is 2. The lowest BCUT2D eigenvalue weighted by Gasteiger charge is -2.19. The van der Waals surface area contributed by atoms with E-state index in [1.54, 1.807) is 18.2 Å². The Balaban J connectivity index is 1.33. The van der Waals surface area contributed by atoms with E-state index in [0.717, 1.165) is 36.8 Å². The molecule has 2 heterocycles. The maximum absolute atomic E-state index is 13.3. The number of methoxy groups -OCH3 is 1. The lowest BCUT2D eigenvalue weighted by atomic mass is 10.0. The Bertz CT molecular complexity index is 1330. The number of unbranched alkanes of at least 4 members (excludes halogenated alkanes) is 1. The van der Waals surface area contributed by atoms with E-state index in [-0.39, 0.29) is 29.4 Å². The second-order valence-corrected chi connectivity index (χ2v) is 12.7. The minimum absolute atomic E-state index is 0.00426. The molecule has 2 fully saturated rings. The minimum Gasteiger partial charge on any atom is -0.468 e. The number of nitrogens with one attached hydrogen (secondary N) is 3. The standard InChI is InChI=1S/C26H34N4O7S2/c1-30(2)20-10-6-9-17-16(20)8-7-12-22(17)39(34,35)29-18(25(32)36-3)14-37-23(31)13-5-4-11-21-24-19(15-38-21)27-26(33)28-24/h6-10,12,18-19,21,24,29H,4-5,11,13-15H2,1-3H3,(H2,27,28,33)/t18-,19-,21-,24-/m0/s1. The molecule has 3 N–H and O–H groups in total. The predicted molar refractivity (Wildman–Crippen MR) is 149 cm³/mol. The van der Waals surface area contributed by atoms with E-state index in [1.807, 2.05) is 42.9 Å². The summed E-state index contributed by atoms with van der Waals surface area (Å²) in [7, 11) is 0.701. The number of hydrogen-bond donors (Lipinski definition) is 3. The molecule has 2 aromatic carbocycles. The third-order valence-electron chi connectivity index (χ3n) is 6.88. The molecule has 212 valence electrons. The Morgan fingerprint density at radius 1 is 1.13 bits per heavy atom. The topological polar surface area (TPSA) is 143 Å². The average Bonchev–Trinajstić information content (AvgIpc) is 3.46. The summed E-state index contributed by atoms with van der Waals surface area (Å²) >= 11 is 1.81. The van der Waals surface area contributed by atoms with Gasteiger partial charge in [0.15, 0.2) is 6.04 Å². The fraction of sp³-hybridized carbons (Fsp3) is 0.500. The van der Waals surface area contributed by atoms with Gasteiger partial charge in [0, 0.05) is 48.0 Å². The molecular weight excluding hydrogens is 544 g/mol. The van der Waals surface area contributed by atoms with E-state index in [0.29, 0.717) is 17.1 Å². The number of urea groups is 1. The summed E-state index contributed by atoms with van der Waals surface area (Å²) in [6, 6.07) is 9.01. The highest BCUT2D eigenvalue weighted by atomic mass is 32.2. The van der Waals surface area contributed by atoms with Crippen molar-refractivity contribution in [2.24, 2.45) is 0 Å². The summed E-state index contributed by atoms with van der Waals surface area (Å²) in [6.45, 7) is -0.488. The summed E-state index contributed by atoms with van der Waals surface area (Å²) in [6.07, 6.45) is 2.34. The Hall–Kier alpha value is -3.03. The first kappa shape index (κ1) is 29.0. The summed E-state index contributed by atoms with van der Waals surface area (Å²) in [5.41, 5.74) is 0.846. The van der Waals surface area contributed by atoms with Gasteiger partial charge >= 0.3 is 18.0 Å². The van der Waals surface area contributed by atoms with E-state index in [4.69, 9.17) is 9.47 Å². The van der Waals surface area contributed by atoms with Gasteiger partial charge in [-0.2, -0.15) is 16.5 Å². The Kier molecular flexibility index (Phi) is 9.23. The number of hydrogen-bond acceptors (Lipinski definition) is 9. The van der Waals surface area contributed by atoms with Gasteiger partial charge in [-0.3, -0.25) is 9.59 Å². The summed E-state index contributed by atoms with van der Waals surface area (Å²) in [5, 5.41) is 7.39. The van der Waals surface area contributed by atoms with Crippen molar-refractivity contribution in [2.45, 2.75) is 54.0 Å². The molecule has 2 aliphatic heterocycles. The monoisotopic (exact) mass is 578 g/mol. The molecule has 4 atom stereocenters. The number of ether oxygens (including phenoxy) is 2. The van der Waals surface area contributed by atoms with Gasteiger partial charge in [0.1, 0.15) is 6.61 Å². The number of sulfonamides is 1. The van der Waals surface area contributed by atoms with Crippen LogP contribution in [-0.4, -0.2) is 83.3 Å². The zero-order valence-corrected chi connectivity index (χ0v) is 23.8. The van der Waals surface area contributed by atoms with Crippen LogP contribution in [0.1, 0.15) is 25.7 Å². The van der Waals surface area contributed by atoms with Crippen molar-refractivity contribution in [1.82, 2.24) is 15.4 Å². The molecule has 11 nitrogen and oxygen atoms in total. The third kappa shape index (κ3) is 6.76. The van der Waals surface area contributed by atoms with Gasteiger partial charge in [-0.05, 0) is 25.0 Å². The number of carbonyl (C=O) groups is 3. The molecule has 0 radical (unpaired) electrons. The Morgan fingerprint density at radius 2 is 1.87 bits per heavy atom. The van der Waals surface area contributed by atoms with Crippen molar-refractivity contribution in [1.29, 1.82) is 0 Å². The maximum atomic E-state index is 13.3. The van der Waals surface area contributed by atoms with Gasteiger partial charge in [0.05, 0.1) is 24.1 Å². The molecule has 2 aromatic rings. The van der Waals surface area contributed by atoms with Crippen LogP contribution in [0, 0.1) is 0 Å². The lowest BCUT2D eigenvalue weighted by Crippen LogP contribution is -2.45. The molecule has 4 rings (SSSR count). The van der Waals surface area contributed by atoms with Gasteiger partial charge < -0.3 is 25.0 Å². The molecule has 0 spiro atoms. The first-order valence-corrected chi connectivity index (χ1v) is 15.3. The minimum atomic E-state index is -4.17. The predicted octanol–water partition coefficient (Wildman–Crippen LogP) is 1.99. The molecule has 2 aliphatic rings. The van der Waals surface area contributed by atoms with Crippen LogP contribution in [0.5, 0.6) is 0 Å². The highest BCUT2D eigenvalue weighted by molar-refractivity contribution is 8.00. The van der Waals surface area contributed by atoms with E-state index in [1.165, 1.54) is 6.07 Å². The van der Waals surface area contributed by atoms with Crippen molar-refractivity contribution in [3.63, 3.8) is 0 Å². The largest absolute Gasteiger partial charge is 0.468 e. The molecule has 0 aliphatic carbocycles. The zero-order valence-electron chi connectivity index (χ0n) is 22.1. The van der Waals surface area contributed by atoms with Crippen LogP contribution in [0.4, 0.5) is 10.5 Å². The van der Waals surface area contributed by atoms with E-state index < -0.39 is 34.6 Å². The van der Waals surface area contributed by atoms with Crippen molar-refractivity contribution in [3.05, 3.63) is 36.4 Å². The van der Waals surface area contributed by atoms with Crippen molar-refractivity contribution < 1.29 is 32.3 Å². The highest BCUT2D eigenvalue weighted by Crippen LogP contribution is 2.33. The molecule has 0 bridgehead atoms. The third-order valence-corrected chi connectivity index (χ3v) is 9.92. The number of esters is 2. The van der Waals surface area contributed by atoms with Crippen LogP contribution in [0.25, 0.3) is 10.8 Å². The first-order valence-electron chi connectivity index (χ1n) is 12.7. The molecular formula is C26H34N4O7S2. The molecule has 2 amide bonds. The van der Waals surface area contributed by atoms with E-state index in [2.05, 4.69) is 15.4 Å². The molecule has 0 saturated carbocycles. The van der Waals surface area contributed by atoms with Gasteiger partial charge in [0.25, 0.3) is 0 Å². The molecule has 0 unspecified atom stereocenters. The second-order valence-electron chi connectivity index (χ2n) is 9.77. The number of nitrogens with zero attached hydrogens (tertiary/aromatic N) is 1. The van der Waals surface area contributed by atoms with Crippen LogP contribution in [0.2, 0.25) is 0 Å².